The summed E-state index contributed by atoms with van der Waals surface area (Å²) in [6.45, 7) is 3.61. The number of hydrogen-bond acceptors (Lipinski definition) is 8. The van der Waals surface area contributed by atoms with Crippen LogP contribution in [0.5, 0.6) is 0 Å². The molecule has 10 heteroatoms. The Labute approximate surface area is 180 Å². The average Bonchev–Trinajstić information content (AvgIpc) is 3.39. The molecule has 0 spiro atoms. The Balaban J connectivity index is 1.31. The summed E-state index contributed by atoms with van der Waals surface area (Å²) in [6.07, 6.45) is 0.764. The maximum Gasteiger partial charge on any atom is 0.309 e. The van der Waals surface area contributed by atoms with E-state index in [1.165, 1.54) is 4.31 Å². The van der Waals surface area contributed by atoms with Gasteiger partial charge in [-0.15, -0.1) is 0 Å². The molecule has 164 valence electrons. The maximum atomic E-state index is 12.9. The molecule has 0 bridgehead atoms. The lowest BCUT2D eigenvalue weighted by Gasteiger charge is -2.29. The van der Waals surface area contributed by atoms with Crippen molar-refractivity contribution in [3.05, 3.63) is 53.6 Å². The molecule has 4 rings (SSSR count). The summed E-state index contributed by atoms with van der Waals surface area (Å²) in [6, 6.07) is 11.3. The molecule has 1 aliphatic rings. The highest BCUT2D eigenvalue weighted by atomic mass is 32.2. The van der Waals surface area contributed by atoms with Crippen LogP contribution in [0.4, 0.5) is 0 Å². The van der Waals surface area contributed by atoms with Gasteiger partial charge in [0.1, 0.15) is 16.3 Å². The molecule has 31 heavy (non-hydrogen) atoms. The van der Waals surface area contributed by atoms with E-state index in [-0.39, 0.29) is 42.2 Å². The molecular formula is C21H23N3O6S. The minimum Gasteiger partial charge on any atom is -0.457 e. The molecule has 1 saturated heterocycles. The summed E-state index contributed by atoms with van der Waals surface area (Å²) in [5, 5.41) is 7.73. The van der Waals surface area contributed by atoms with E-state index in [2.05, 4.69) is 10.3 Å². The van der Waals surface area contributed by atoms with Gasteiger partial charge in [0, 0.05) is 24.7 Å². The highest BCUT2D eigenvalue weighted by molar-refractivity contribution is 7.89. The molecule has 0 atom stereocenters. The fourth-order valence-electron chi connectivity index (χ4n) is 3.69. The molecule has 3 aromatic rings. The minimum atomic E-state index is -3.71. The summed E-state index contributed by atoms with van der Waals surface area (Å²) in [5.74, 6) is -0.0220. The number of piperidine rings is 1. The second-order valence-corrected chi connectivity index (χ2v) is 9.36. The van der Waals surface area contributed by atoms with Crippen LogP contribution in [0.3, 0.4) is 0 Å². The molecule has 3 heterocycles. The predicted molar refractivity (Wildman–Crippen MR) is 109 cm³/mol. The van der Waals surface area contributed by atoms with E-state index in [4.69, 9.17) is 13.8 Å². The van der Waals surface area contributed by atoms with Gasteiger partial charge in [-0.25, -0.2) is 8.42 Å². The number of esters is 1. The first-order valence-corrected chi connectivity index (χ1v) is 11.4. The zero-order chi connectivity index (χ0) is 22.0. The van der Waals surface area contributed by atoms with Crippen molar-refractivity contribution in [2.45, 2.75) is 38.2 Å². The van der Waals surface area contributed by atoms with E-state index in [1.807, 2.05) is 30.3 Å². The molecule has 1 aromatic carbocycles. The molecular weight excluding hydrogens is 422 g/mol. The minimum absolute atomic E-state index is 0.0176. The second kappa shape index (κ2) is 8.64. The topological polar surface area (TPSA) is 116 Å². The van der Waals surface area contributed by atoms with Crippen molar-refractivity contribution in [2.24, 2.45) is 5.92 Å². The first-order valence-electron chi connectivity index (χ1n) is 9.97. The van der Waals surface area contributed by atoms with Crippen LogP contribution in [0.15, 0.2) is 50.3 Å². The quantitative estimate of drug-likeness (QED) is 0.532. The standard InChI is InChI=1S/C21H23N3O6S/c1-14-20(15(2)29-22-14)31(26,27)24-10-8-17(9-11-24)21(25)28-13-18-12-19(23-30-18)16-6-4-3-5-7-16/h3-7,12,17H,8-11,13H2,1-2H3. The third kappa shape index (κ3) is 4.40. The third-order valence-electron chi connectivity index (χ3n) is 5.34. The smallest absolute Gasteiger partial charge is 0.309 e. The lowest BCUT2D eigenvalue weighted by Crippen LogP contribution is -2.40. The largest absolute Gasteiger partial charge is 0.457 e. The second-order valence-electron chi connectivity index (χ2n) is 7.48. The molecule has 1 fully saturated rings. The van der Waals surface area contributed by atoms with E-state index in [9.17, 15) is 13.2 Å². The third-order valence-corrected chi connectivity index (χ3v) is 7.48. The number of aryl methyl sites for hydroxylation is 2. The molecule has 0 aliphatic carbocycles. The van der Waals surface area contributed by atoms with Crippen LogP contribution in [0.1, 0.15) is 30.1 Å². The van der Waals surface area contributed by atoms with E-state index >= 15 is 0 Å². The van der Waals surface area contributed by atoms with E-state index in [0.29, 0.717) is 30.0 Å². The van der Waals surface area contributed by atoms with E-state index in [0.717, 1.165) is 5.56 Å². The number of carbonyl (C=O) groups excluding carboxylic acids is 1. The van der Waals surface area contributed by atoms with Crippen LogP contribution in [0.2, 0.25) is 0 Å². The van der Waals surface area contributed by atoms with Crippen LogP contribution in [0, 0.1) is 19.8 Å². The van der Waals surface area contributed by atoms with E-state index in [1.54, 1.807) is 19.9 Å². The summed E-state index contributed by atoms with van der Waals surface area (Å²) in [7, 11) is -3.71. The van der Waals surface area contributed by atoms with Gasteiger partial charge in [0.25, 0.3) is 0 Å². The normalized spacial score (nSPS) is 15.8. The number of carbonyl (C=O) groups is 1. The van der Waals surface area contributed by atoms with Crippen molar-refractivity contribution in [1.82, 2.24) is 14.6 Å². The zero-order valence-electron chi connectivity index (χ0n) is 17.3. The van der Waals surface area contributed by atoms with Crippen molar-refractivity contribution in [1.29, 1.82) is 0 Å². The van der Waals surface area contributed by atoms with Gasteiger partial charge in [0.15, 0.2) is 18.1 Å². The molecule has 0 N–H and O–H groups in total. The van der Waals surface area contributed by atoms with Gasteiger partial charge in [-0.2, -0.15) is 4.31 Å². The van der Waals surface area contributed by atoms with Crippen molar-refractivity contribution in [2.75, 3.05) is 13.1 Å². The van der Waals surface area contributed by atoms with Gasteiger partial charge in [0.05, 0.1) is 5.92 Å². The van der Waals surface area contributed by atoms with Crippen LogP contribution in [-0.2, 0) is 26.2 Å². The fourth-order valence-corrected chi connectivity index (χ4v) is 5.45. The molecule has 9 nitrogen and oxygen atoms in total. The fraction of sp³-hybridized carbons (Fsp3) is 0.381. The lowest BCUT2D eigenvalue weighted by molar-refractivity contribution is -0.151. The van der Waals surface area contributed by atoms with Crippen molar-refractivity contribution < 1.29 is 27.0 Å². The Bertz CT molecular complexity index is 1140. The number of aromatic nitrogens is 2. The number of benzene rings is 1. The Morgan fingerprint density at radius 1 is 1.13 bits per heavy atom. The number of ether oxygens (including phenoxy) is 1. The van der Waals surface area contributed by atoms with Crippen LogP contribution in [-0.4, -0.2) is 42.1 Å². The Morgan fingerprint density at radius 2 is 1.84 bits per heavy atom. The van der Waals surface area contributed by atoms with Crippen LogP contribution in [0.25, 0.3) is 11.3 Å². The van der Waals surface area contributed by atoms with Gasteiger partial charge in [-0.05, 0) is 26.7 Å². The monoisotopic (exact) mass is 445 g/mol. The van der Waals surface area contributed by atoms with Gasteiger partial charge in [-0.1, -0.05) is 40.6 Å². The Hall–Kier alpha value is -2.98. The maximum absolute atomic E-state index is 12.9. The summed E-state index contributed by atoms with van der Waals surface area (Å²) < 4.78 is 42.8. The molecule has 0 radical (unpaired) electrons. The first-order chi connectivity index (χ1) is 14.9. The molecule has 0 amide bonds. The van der Waals surface area contributed by atoms with Crippen LogP contribution >= 0.6 is 0 Å². The number of nitrogens with zero attached hydrogens (tertiary/aromatic N) is 3. The first kappa shape index (κ1) is 21.3. The predicted octanol–water partition coefficient (Wildman–Crippen LogP) is 3.09. The highest BCUT2D eigenvalue weighted by Gasteiger charge is 2.36. The summed E-state index contributed by atoms with van der Waals surface area (Å²) in [5.41, 5.74) is 1.92. The SMILES string of the molecule is Cc1noc(C)c1S(=O)(=O)N1CCC(C(=O)OCc2cc(-c3ccccc3)no2)CC1. The van der Waals surface area contributed by atoms with Crippen LogP contribution < -0.4 is 0 Å². The van der Waals surface area contributed by atoms with Gasteiger partial charge in [-0.3, -0.25) is 4.79 Å². The van der Waals surface area contributed by atoms with Gasteiger partial charge < -0.3 is 13.8 Å². The number of rotatable bonds is 6. The van der Waals surface area contributed by atoms with Gasteiger partial charge >= 0.3 is 5.97 Å². The molecule has 1 aliphatic heterocycles. The number of hydrogen-bond donors (Lipinski definition) is 0. The molecule has 2 aromatic heterocycles. The average molecular weight is 445 g/mol. The van der Waals surface area contributed by atoms with Crippen molar-refractivity contribution in [3.63, 3.8) is 0 Å². The van der Waals surface area contributed by atoms with Gasteiger partial charge in [0.2, 0.25) is 10.0 Å². The van der Waals surface area contributed by atoms with E-state index < -0.39 is 10.0 Å². The summed E-state index contributed by atoms with van der Waals surface area (Å²) in [4.78, 5) is 12.6. The number of sulfonamides is 1. The zero-order valence-corrected chi connectivity index (χ0v) is 18.1. The molecule has 0 saturated carbocycles. The Kier molecular flexibility index (Phi) is 5.92. The van der Waals surface area contributed by atoms with Crippen molar-refractivity contribution in [3.8, 4) is 11.3 Å². The summed E-state index contributed by atoms with van der Waals surface area (Å²) >= 11 is 0. The lowest BCUT2D eigenvalue weighted by atomic mass is 9.98. The molecule has 0 unspecified atom stereocenters. The van der Waals surface area contributed by atoms with Crippen molar-refractivity contribution >= 4 is 16.0 Å². The Morgan fingerprint density at radius 3 is 2.48 bits per heavy atom. The highest BCUT2D eigenvalue weighted by Crippen LogP contribution is 2.28.